The van der Waals surface area contributed by atoms with Crippen molar-refractivity contribution in [3.05, 3.63) is 92.5 Å². The highest BCUT2D eigenvalue weighted by Crippen LogP contribution is 2.26. The van der Waals surface area contributed by atoms with E-state index in [1.165, 1.54) is 17.0 Å². The largest absolute Gasteiger partial charge is 0.352 e. The van der Waals surface area contributed by atoms with E-state index >= 15 is 0 Å². The van der Waals surface area contributed by atoms with Crippen molar-refractivity contribution in [1.82, 2.24) is 10.2 Å². The number of nitrogens with one attached hydrogen (secondary N) is 1. The van der Waals surface area contributed by atoms with Crippen LogP contribution in [-0.2, 0) is 26.2 Å². The highest BCUT2D eigenvalue weighted by molar-refractivity contribution is 14.1. The van der Waals surface area contributed by atoms with Gasteiger partial charge in [-0.3, -0.25) is 13.9 Å². The Bertz CT molecular complexity index is 1400. The van der Waals surface area contributed by atoms with Gasteiger partial charge in [-0.1, -0.05) is 59.1 Å². The number of carbonyl (C=O) groups excluding carboxylic acids is 2. The predicted molar refractivity (Wildman–Crippen MR) is 165 cm³/mol. The molecule has 10 heteroatoms. The van der Waals surface area contributed by atoms with Crippen molar-refractivity contribution in [3.8, 4) is 0 Å². The molecular formula is C29H31BrIN3O4S. The fourth-order valence-corrected chi connectivity index (χ4v) is 6.90. The van der Waals surface area contributed by atoms with Crippen molar-refractivity contribution < 1.29 is 18.0 Å². The second-order valence-electron chi connectivity index (χ2n) is 9.62. The maximum Gasteiger partial charge on any atom is 0.264 e. The monoisotopic (exact) mass is 723 g/mol. The Hall–Kier alpha value is -2.44. The third-order valence-electron chi connectivity index (χ3n) is 6.84. The zero-order chi connectivity index (χ0) is 28.0. The molecular weight excluding hydrogens is 693 g/mol. The number of rotatable bonds is 10. The van der Waals surface area contributed by atoms with Crippen molar-refractivity contribution >= 4 is 66.0 Å². The molecule has 1 atom stereocenters. The summed E-state index contributed by atoms with van der Waals surface area (Å²) >= 11 is 5.62. The quantitative estimate of drug-likeness (QED) is 0.271. The van der Waals surface area contributed by atoms with Crippen molar-refractivity contribution in [3.63, 3.8) is 0 Å². The smallest absolute Gasteiger partial charge is 0.264 e. The van der Waals surface area contributed by atoms with Crippen LogP contribution in [0.3, 0.4) is 0 Å². The van der Waals surface area contributed by atoms with Crippen LogP contribution in [0.1, 0.15) is 38.2 Å². The lowest BCUT2D eigenvalue weighted by Gasteiger charge is -2.32. The van der Waals surface area contributed by atoms with E-state index in [4.69, 9.17) is 0 Å². The molecule has 4 rings (SSSR count). The molecule has 1 aliphatic rings. The van der Waals surface area contributed by atoms with Crippen LogP contribution in [0.25, 0.3) is 0 Å². The number of hydrogen-bond acceptors (Lipinski definition) is 4. The summed E-state index contributed by atoms with van der Waals surface area (Å²) in [6, 6.07) is 21.8. The van der Waals surface area contributed by atoms with Gasteiger partial charge >= 0.3 is 0 Å². The molecule has 3 aromatic carbocycles. The van der Waals surface area contributed by atoms with Gasteiger partial charge in [-0.05, 0) is 96.5 Å². The second-order valence-corrected chi connectivity index (χ2v) is 13.6. The van der Waals surface area contributed by atoms with E-state index in [0.29, 0.717) is 5.69 Å². The number of sulfonamides is 1. The molecule has 2 amide bonds. The number of nitrogens with zero attached hydrogens (tertiary/aromatic N) is 2. The second kappa shape index (κ2) is 13.3. The first-order chi connectivity index (χ1) is 18.6. The number of hydrogen-bond donors (Lipinski definition) is 1. The molecule has 206 valence electrons. The lowest BCUT2D eigenvalue weighted by atomic mass is 10.1. The molecule has 0 aromatic heterocycles. The van der Waals surface area contributed by atoms with Gasteiger partial charge in [0, 0.05) is 20.6 Å². The summed E-state index contributed by atoms with van der Waals surface area (Å²) < 4.78 is 30.5. The van der Waals surface area contributed by atoms with Gasteiger partial charge in [-0.2, -0.15) is 0 Å². The van der Waals surface area contributed by atoms with Crippen LogP contribution in [0.4, 0.5) is 5.69 Å². The van der Waals surface area contributed by atoms with Crippen molar-refractivity contribution in [2.45, 2.75) is 56.1 Å². The van der Waals surface area contributed by atoms with Gasteiger partial charge < -0.3 is 10.2 Å². The van der Waals surface area contributed by atoms with Gasteiger partial charge in [0.05, 0.1) is 10.6 Å². The average molecular weight is 724 g/mol. The van der Waals surface area contributed by atoms with E-state index in [0.717, 1.165) is 43.6 Å². The predicted octanol–water partition coefficient (Wildman–Crippen LogP) is 5.73. The number of amides is 2. The van der Waals surface area contributed by atoms with Crippen LogP contribution in [-0.4, -0.2) is 43.8 Å². The van der Waals surface area contributed by atoms with Crippen LogP contribution in [0.2, 0.25) is 0 Å². The molecule has 0 spiro atoms. The van der Waals surface area contributed by atoms with E-state index in [1.807, 2.05) is 24.3 Å². The average Bonchev–Trinajstić information content (AvgIpc) is 3.44. The van der Waals surface area contributed by atoms with E-state index < -0.39 is 28.5 Å². The lowest BCUT2D eigenvalue weighted by molar-refractivity contribution is -0.139. The fraction of sp³-hybridized carbons (Fsp3) is 0.310. The number of benzene rings is 3. The van der Waals surface area contributed by atoms with Crippen LogP contribution < -0.4 is 9.62 Å². The first-order valence-corrected chi connectivity index (χ1v) is 16.1. The molecule has 0 heterocycles. The SMILES string of the molecule is CC(C(=O)NC1CCCC1)N(Cc1cccc(Br)c1)C(=O)CN(c1ccc(I)cc1)S(=O)(=O)c1ccccc1. The molecule has 0 bridgehead atoms. The molecule has 7 nitrogen and oxygen atoms in total. The van der Waals surface area contributed by atoms with Crippen molar-refractivity contribution in [2.75, 3.05) is 10.8 Å². The third-order valence-corrected chi connectivity index (χ3v) is 9.84. The Kier molecular flexibility index (Phi) is 10.1. The minimum absolute atomic E-state index is 0.0851. The van der Waals surface area contributed by atoms with E-state index in [9.17, 15) is 18.0 Å². The summed E-state index contributed by atoms with van der Waals surface area (Å²) in [6.07, 6.45) is 3.99. The summed E-state index contributed by atoms with van der Waals surface area (Å²) in [7, 11) is -4.06. The minimum atomic E-state index is -4.06. The van der Waals surface area contributed by atoms with Gasteiger partial charge in [0.2, 0.25) is 11.8 Å². The fourth-order valence-electron chi connectivity index (χ4n) is 4.66. The minimum Gasteiger partial charge on any atom is -0.352 e. The summed E-state index contributed by atoms with van der Waals surface area (Å²) in [4.78, 5) is 28.8. The van der Waals surface area contributed by atoms with E-state index in [-0.39, 0.29) is 23.4 Å². The molecule has 1 unspecified atom stereocenters. The number of halogens is 2. The summed E-state index contributed by atoms with van der Waals surface area (Å²) in [5.41, 5.74) is 1.20. The normalized spacial score (nSPS) is 14.5. The topological polar surface area (TPSA) is 86.8 Å². The zero-order valence-electron chi connectivity index (χ0n) is 21.6. The molecule has 1 N–H and O–H groups in total. The van der Waals surface area contributed by atoms with Crippen molar-refractivity contribution in [1.29, 1.82) is 0 Å². The van der Waals surface area contributed by atoms with E-state index in [2.05, 4.69) is 43.8 Å². The first kappa shape index (κ1) is 29.5. The van der Waals surface area contributed by atoms with Crippen LogP contribution in [0.5, 0.6) is 0 Å². The number of anilines is 1. The molecule has 3 aromatic rings. The Labute approximate surface area is 252 Å². The van der Waals surface area contributed by atoms with Gasteiger partial charge in [-0.15, -0.1) is 0 Å². The van der Waals surface area contributed by atoms with E-state index in [1.54, 1.807) is 49.4 Å². The van der Waals surface area contributed by atoms with Crippen LogP contribution in [0.15, 0.2) is 88.2 Å². The molecule has 0 saturated heterocycles. The maximum absolute atomic E-state index is 14.0. The Morgan fingerprint density at radius 3 is 2.31 bits per heavy atom. The highest BCUT2D eigenvalue weighted by atomic mass is 127. The molecule has 1 aliphatic carbocycles. The lowest BCUT2D eigenvalue weighted by Crippen LogP contribution is -2.52. The van der Waals surface area contributed by atoms with Gasteiger partial charge in [0.1, 0.15) is 12.6 Å². The Balaban J connectivity index is 1.67. The Morgan fingerprint density at radius 1 is 1.00 bits per heavy atom. The Morgan fingerprint density at radius 2 is 1.67 bits per heavy atom. The molecule has 0 aliphatic heterocycles. The molecule has 0 radical (unpaired) electrons. The standard InChI is InChI=1S/C29H31BrIN3O4S/c1-21(29(36)32-25-10-5-6-11-25)33(19-22-8-7-9-23(30)18-22)28(35)20-34(26-16-14-24(31)15-17-26)39(37,38)27-12-3-2-4-13-27/h2-4,7-9,12-18,21,25H,5-6,10-11,19-20H2,1H3,(H,32,36). The van der Waals surface area contributed by atoms with Crippen LogP contribution >= 0.6 is 38.5 Å². The van der Waals surface area contributed by atoms with Gasteiger partial charge in [0.25, 0.3) is 10.0 Å². The molecule has 1 fully saturated rings. The molecule has 1 saturated carbocycles. The first-order valence-electron chi connectivity index (χ1n) is 12.8. The molecule has 39 heavy (non-hydrogen) atoms. The maximum atomic E-state index is 14.0. The summed E-state index contributed by atoms with van der Waals surface area (Å²) in [6.45, 7) is 1.40. The zero-order valence-corrected chi connectivity index (χ0v) is 26.2. The summed E-state index contributed by atoms with van der Waals surface area (Å²) in [5.74, 6) is -0.709. The van der Waals surface area contributed by atoms with Gasteiger partial charge in [0.15, 0.2) is 0 Å². The number of carbonyl (C=O) groups is 2. The third kappa shape index (κ3) is 7.61. The highest BCUT2D eigenvalue weighted by Gasteiger charge is 2.33. The van der Waals surface area contributed by atoms with Crippen molar-refractivity contribution in [2.24, 2.45) is 0 Å². The summed E-state index contributed by atoms with van der Waals surface area (Å²) in [5, 5.41) is 3.08. The van der Waals surface area contributed by atoms with Gasteiger partial charge in [-0.25, -0.2) is 8.42 Å². The van der Waals surface area contributed by atoms with Crippen LogP contribution in [0, 0.1) is 3.57 Å².